The molecule has 2 saturated heterocycles. The topological polar surface area (TPSA) is 96.6 Å². The molecule has 0 bridgehead atoms. The third-order valence-corrected chi connectivity index (χ3v) is 11.3. The summed E-state index contributed by atoms with van der Waals surface area (Å²) in [4.78, 5) is 24.1. The molecule has 1 unspecified atom stereocenters. The van der Waals surface area contributed by atoms with Crippen LogP contribution in [0.4, 0.5) is 29.5 Å². The van der Waals surface area contributed by atoms with Crippen molar-refractivity contribution in [3.63, 3.8) is 0 Å². The molecule has 5 fully saturated rings. The normalized spacial score (nSPS) is 22.9. The molecule has 3 aromatic heterocycles. The Morgan fingerprint density at radius 1 is 1.16 bits per heavy atom. The van der Waals surface area contributed by atoms with E-state index in [1.807, 2.05) is 6.07 Å². The Labute approximate surface area is 267 Å². The molecule has 1 N–H and O–H groups in total. The molecule has 3 aliphatic carbocycles. The first kappa shape index (κ1) is 29.2. The van der Waals surface area contributed by atoms with Crippen LogP contribution in [0.25, 0.3) is 22.3 Å². The van der Waals surface area contributed by atoms with Crippen LogP contribution < -0.4 is 10.2 Å². The lowest BCUT2D eigenvalue weighted by molar-refractivity contribution is 0.0217. The smallest absolute Gasteiger partial charge is 0.322 e. The van der Waals surface area contributed by atoms with Gasteiger partial charge in [0.15, 0.2) is 5.82 Å². The van der Waals surface area contributed by atoms with Crippen molar-refractivity contribution in [3.05, 3.63) is 18.5 Å². The lowest BCUT2D eigenvalue weighted by Gasteiger charge is -2.41. The third-order valence-electron chi connectivity index (χ3n) is 9.38. The molecule has 3 aromatic rings. The van der Waals surface area contributed by atoms with Crippen molar-refractivity contribution in [3.8, 4) is 11.4 Å². The van der Waals surface area contributed by atoms with E-state index in [0.717, 1.165) is 55.5 Å². The summed E-state index contributed by atoms with van der Waals surface area (Å²) in [6.07, 6.45) is 6.97. The third kappa shape index (κ3) is 5.66. The minimum Gasteiger partial charge on any atom is -0.371 e. The van der Waals surface area contributed by atoms with Crippen LogP contribution in [0.2, 0.25) is 0 Å². The molecule has 11 nitrogen and oxygen atoms in total. The number of hydrogen-bond donors (Lipinski definition) is 1. The molecule has 236 valence electrons. The number of carbonyl (C=O) groups is 1. The van der Waals surface area contributed by atoms with E-state index in [0.29, 0.717) is 62.0 Å². The summed E-state index contributed by atoms with van der Waals surface area (Å²) in [5.41, 5.74) is 0.727. The Kier molecular flexibility index (Phi) is 7.26. The van der Waals surface area contributed by atoms with E-state index in [4.69, 9.17) is 19.9 Å². The monoisotopic (exact) mass is 743 g/mol. The number of fused-ring (bicyclic) bond motifs is 1. The predicted molar refractivity (Wildman–Crippen MR) is 170 cm³/mol. The van der Waals surface area contributed by atoms with Gasteiger partial charge in [-0.2, -0.15) is 10.2 Å². The SMILES string of the molecule is O=C(Nc1cn(PI)nc1-c1cc2c(cn1)c(N1CC(OC3CC3)C1)nn2CC1(F)CC1)N1CCN(CC(F)F)CC12CC2. The number of piperazine rings is 1. The van der Waals surface area contributed by atoms with Gasteiger partial charge in [0.25, 0.3) is 6.43 Å². The number of nitrogens with zero attached hydrogens (tertiary/aromatic N) is 8. The molecule has 8 rings (SSSR count). The van der Waals surface area contributed by atoms with Crippen LogP contribution in [0.3, 0.4) is 0 Å². The number of carbonyl (C=O) groups excluding carboxylic acids is 1. The van der Waals surface area contributed by atoms with E-state index in [2.05, 4.69) is 32.3 Å². The van der Waals surface area contributed by atoms with Gasteiger partial charge < -0.3 is 19.9 Å². The van der Waals surface area contributed by atoms with Gasteiger partial charge in [-0.1, -0.05) is 0 Å². The number of nitrogens with one attached hydrogen (secondary N) is 1. The van der Waals surface area contributed by atoms with Crippen molar-refractivity contribution in [2.45, 2.75) is 74.9 Å². The largest absolute Gasteiger partial charge is 0.371 e. The number of alkyl halides is 3. The number of halogens is 4. The van der Waals surface area contributed by atoms with Crippen molar-refractivity contribution in [1.29, 1.82) is 0 Å². The zero-order valence-electron chi connectivity index (χ0n) is 24.1. The molecule has 44 heavy (non-hydrogen) atoms. The van der Waals surface area contributed by atoms with Crippen LogP contribution >= 0.6 is 28.4 Å². The van der Waals surface area contributed by atoms with Gasteiger partial charge in [-0.15, -0.1) is 0 Å². The Bertz CT molecular complexity index is 1590. The number of aromatic nitrogens is 5. The van der Waals surface area contributed by atoms with Gasteiger partial charge in [0, 0.05) is 38.9 Å². The Morgan fingerprint density at radius 3 is 2.64 bits per heavy atom. The first-order chi connectivity index (χ1) is 21.2. The number of pyridine rings is 1. The standard InChI is InChI=1S/C28H34F3IN9O2P/c29-23(30)14-37-7-8-39(28(16-37)5-6-28)26(42)34-21-13-41(44-32)35-24(21)20-9-22-19(10-33-20)25(36-40(22)15-27(31)3-4-27)38-11-18(12-38)43-17-1-2-17/h9-10,13,17-18,23,44H,1-8,11-12,14-16H2,(H,34,42). The molecule has 5 heterocycles. The number of hydrogen-bond acceptors (Lipinski definition) is 7. The van der Waals surface area contributed by atoms with Gasteiger partial charge >= 0.3 is 6.03 Å². The maximum Gasteiger partial charge on any atom is 0.322 e. The predicted octanol–water partition coefficient (Wildman–Crippen LogP) is 4.90. The summed E-state index contributed by atoms with van der Waals surface area (Å²) >= 11 is 2.23. The Hall–Kier alpha value is -2.23. The molecule has 1 atom stereocenters. The summed E-state index contributed by atoms with van der Waals surface area (Å²) in [6, 6.07) is 1.62. The maximum absolute atomic E-state index is 15.0. The highest BCUT2D eigenvalue weighted by atomic mass is 127. The number of amides is 2. The van der Waals surface area contributed by atoms with Crippen molar-refractivity contribution in [2.75, 3.05) is 49.5 Å². The number of rotatable bonds is 10. The van der Waals surface area contributed by atoms with Gasteiger partial charge in [0.05, 0.1) is 65.7 Å². The highest BCUT2D eigenvalue weighted by Crippen LogP contribution is 2.45. The lowest BCUT2D eigenvalue weighted by atomic mass is 10.1. The molecular formula is C28H34F3IN9O2P. The van der Waals surface area contributed by atoms with Gasteiger partial charge in [-0.25, -0.2) is 22.4 Å². The van der Waals surface area contributed by atoms with E-state index >= 15 is 4.39 Å². The van der Waals surface area contributed by atoms with E-state index in [-0.39, 0.29) is 25.2 Å². The van der Waals surface area contributed by atoms with E-state index in [1.165, 1.54) is 0 Å². The fraction of sp³-hybridized carbons (Fsp3) is 0.643. The molecule has 0 radical (unpaired) electrons. The average molecular weight is 744 g/mol. The summed E-state index contributed by atoms with van der Waals surface area (Å²) in [5.74, 6) is 0.785. The zero-order chi connectivity index (χ0) is 30.2. The fourth-order valence-corrected chi connectivity index (χ4v) is 7.51. The summed E-state index contributed by atoms with van der Waals surface area (Å²) in [5, 5.41) is 13.5. The van der Waals surface area contributed by atoms with E-state index in [1.54, 1.807) is 31.3 Å². The molecule has 2 aliphatic heterocycles. The van der Waals surface area contributed by atoms with Crippen LogP contribution in [0.15, 0.2) is 18.5 Å². The van der Waals surface area contributed by atoms with Gasteiger partial charge in [0.1, 0.15) is 11.4 Å². The first-order valence-corrected chi connectivity index (χ1v) is 19.3. The molecule has 0 aromatic carbocycles. The summed E-state index contributed by atoms with van der Waals surface area (Å²) in [7, 11) is 0. The van der Waals surface area contributed by atoms with Gasteiger partial charge in [-0.05, 0) is 66.6 Å². The number of anilines is 2. The van der Waals surface area contributed by atoms with Gasteiger partial charge in [0.2, 0.25) is 0 Å². The van der Waals surface area contributed by atoms with Crippen molar-refractivity contribution in [2.24, 2.45) is 0 Å². The quantitative estimate of drug-likeness (QED) is 0.233. The first-order valence-electron chi connectivity index (χ1n) is 15.2. The Balaban J connectivity index is 1.06. The lowest BCUT2D eigenvalue weighted by Crippen LogP contribution is -2.58. The minimum absolute atomic E-state index is 0.176. The molecule has 3 saturated carbocycles. The number of urea groups is 1. The fourth-order valence-electron chi connectivity index (χ4n) is 6.45. The second-order valence-electron chi connectivity index (χ2n) is 12.9. The van der Waals surface area contributed by atoms with E-state index < -0.39 is 17.6 Å². The van der Waals surface area contributed by atoms with Crippen LogP contribution in [0.5, 0.6) is 0 Å². The minimum atomic E-state index is -2.39. The van der Waals surface area contributed by atoms with Gasteiger partial charge in [-0.3, -0.25) is 14.6 Å². The summed E-state index contributed by atoms with van der Waals surface area (Å²) < 4.78 is 50.6. The Morgan fingerprint density at radius 2 is 1.95 bits per heavy atom. The van der Waals surface area contributed by atoms with Crippen molar-refractivity contribution >= 4 is 56.9 Å². The van der Waals surface area contributed by atoms with Crippen LogP contribution in [0, 0.1) is 0 Å². The van der Waals surface area contributed by atoms with Crippen molar-refractivity contribution in [1.82, 2.24) is 34.1 Å². The zero-order valence-corrected chi connectivity index (χ0v) is 27.2. The maximum atomic E-state index is 15.0. The molecule has 5 aliphatic rings. The summed E-state index contributed by atoms with van der Waals surface area (Å²) in [6.45, 7) is 2.66. The highest BCUT2D eigenvalue weighted by molar-refractivity contribution is 14.2. The second kappa shape index (κ2) is 10.9. The van der Waals surface area contributed by atoms with Crippen LogP contribution in [-0.4, -0.2) is 109 Å². The molecule has 1 spiro atoms. The molecular weight excluding hydrogens is 709 g/mol. The average Bonchev–Trinajstić information content (AvgIpc) is 3.93. The number of ether oxygens (including phenoxy) is 1. The van der Waals surface area contributed by atoms with E-state index in [9.17, 15) is 13.6 Å². The van der Waals surface area contributed by atoms with Crippen LogP contribution in [-0.2, 0) is 11.3 Å². The molecule has 2 amide bonds. The van der Waals surface area contributed by atoms with Crippen molar-refractivity contribution < 1.29 is 22.7 Å². The highest BCUT2D eigenvalue weighted by Gasteiger charge is 2.53. The second-order valence-corrected chi connectivity index (χ2v) is 15.0. The van der Waals surface area contributed by atoms with Crippen LogP contribution in [0.1, 0.15) is 38.5 Å². The molecule has 16 heteroatoms.